The van der Waals surface area contributed by atoms with Crippen LogP contribution < -0.4 is 9.64 Å². The van der Waals surface area contributed by atoms with Crippen LogP contribution in [0.5, 0.6) is 5.75 Å². The largest absolute Gasteiger partial charge is 0.495 e. The predicted molar refractivity (Wildman–Crippen MR) is 126 cm³/mol. The number of methoxy groups -OCH3 is 1. The molecule has 4 rings (SSSR count). The third-order valence-electron chi connectivity index (χ3n) is 5.36. The molecule has 0 amide bonds. The van der Waals surface area contributed by atoms with Crippen molar-refractivity contribution in [3.63, 3.8) is 0 Å². The Labute approximate surface area is 197 Å². The van der Waals surface area contributed by atoms with Gasteiger partial charge in [-0.2, -0.15) is 4.31 Å². The maximum atomic E-state index is 13.2. The Balaban J connectivity index is 1.47. The maximum Gasteiger partial charge on any atom is 0.246 e. The lowest BCUT2D eigenvalue weighted by Crippen LogP contribution is -2.49. The molecule has 32 heavy (non-hydrogen) atoms. The summed E-state index contributed by atoms with van der Waals surface area (Å²) in [7, 11) is -2.19. The van der Waals surface area contributed by atoms with Crippen LogP contribution in [0.25, 0.3) is 11.3 Å². The quantitative estimate of drug-likeness (QED) is 0.528. The normalized spacial score (nSPS) is 15.1. The molecule has 2 heterocycles. The Morgan fingerprint density at radius 3 is 2.31 bits per heavy atom. The van der Waals surface area contributed by atoms with E-state index >= 15 is 0 Å². The van der Waals surface area contributed by atoms with Gasteiger partial charge < -0.3 is 9.64 Å². The standard InChI is InChI=1S/C22H22Cl2N4O3S/c1-15-3-7-20(31-2)21(13-15)32(29,30)28-11-9-27(10-12-28)22-8-6-19(25-26-22)17-5-4-16(23)14-18(17)24/h3-8,13-14H,9-12H2,1-2H3. The van der Waals surface area contributed by atoms with Gasteiger partial charge in [-0.05, 0) is 55.0 Å². The molecule has 7 nitrogen and oxygen atoms in total. The Bertz CT molecular complexity index is 1230. The van der Waals surface area contributed by atoms with E-state index in [4.69, 9.17) is 27.9 Å². The second-order valence-electron chi connectivity index (χ2n) is 7.45. The molecule has 1 saturated heterocycles. The number of anilines is 1. The number of rotatable bonds is 5. The molecule has 0 saturated carbocycles. The van der Waals surface area contributed by atoms with Crippen molar-refractivity contribution >= 4 is 39.0 Å². The number of benzene rings is 2. The molecular weight excluding hydrogens is 471 g/mol. The molecule has 3 aromatic rings. The number of aromatic nitrogens is 2. The number of halogens is 2. The molecule has 0 unspecified atom stereocenters. The smallest absolute Gasteiger partial charge is 0.246 e. The molecule has 1 aliphatic rings. The Hall–Kier alpha value is -2.39. The molecule has 0 aliphatic carbocycles. The SMILES string of the molecule is COc1ccc(C)cc1S(=O)(=O)N1CCN(c2ccc(-c3ccc(Cl)cc3Cl)nn2)CC1. The van der Waals surface area contributed by atoms with Gasteiger partial charge in [-0.3, -0.25) is 0 Å². The first-order chi connectivity index (χ1) is 15.3. The number of hydrogen-bond donors (Lipinski definition) is 0. The Morgan fingerprint density at radius 2 is 1.69 bits per heavy atom. The fourth-order valence-corrected chi connectivity index (χ4v) is 5.78. The van der Waals surface area contributed by atoms with E-state index in [1.54, 1.807) is 30.3 Å². The van der Waals surface area contributed by atoms with Crippen molar-refractivity contribution in [3.05, 3.63) is 64.1 Å². The zero-order chi connectivity index (χ0) is 22.9. The molecule has 1 aliphatic heterocycles. The first-order valence-corrected chi connectivity index (χ1v) is 12.2. The molecule has 1 fully saturated rings. The van der Waals surface area contributed by atoms with Gasteiger partial charge in [0.2, 0.25) is 10.0 Å². The van der Waals surface area contributed by atoms with E-state index in [-0.39, 0.29) is 4.90 Å². The van der Waals surface area contributed by atoms with E-state index in [0.717, 1.165) is 11.1 Å². The van der Waals surface area contributed by atoms with E-state index in [1.165, 1.54) is 11.4 Å². The molecule has 0 radical (unpaired) electrons. The first-order valence-electron chi connectivity index (χ1n) is 9.98. The molecular formula is C22H22Cl2N4O3S. The monoisotopic (exact) mass is 492 g/mol. The number of piperazine rings is 1. The van der Waals surface area contributed by atoms with Crippen LogP contribution in [-0.4, -0.2) is 56.2 Å². The Morgan fingerprint density at radius 1 is 0.938 bits per heavy atom. The van der Waals surface area contributed by atoms with Crippen molar-refractivity contribution in [3.8, 4) is 17.0 Å². The highest BCUT2D eigenvalue weighted by Crippen LogP contribution is 2.31. The molecule has 168 valence electrons. The van der Waals surface area contributed by atoms with Gasteiger partial charge in [-0.1, -0.05) is 29.3 Å². The second-order valence-corrected chi connectivity index (χ2v) is 10.2. The minimum Gasteiger partial charge on any atom is -0.495 e. The minimum atomic E-state index is -3.66. The van der Waals surface area contributed by atoms with Crippen LogP contribution in [0.3, 0.4) is 0 Å². The number of hydrogen-bond acceptors (Lipinski definition) is 6. The highest BCUT2D eigenvalue weighted by Gasteiger charge is 2.31. The number of sulfonamides is 1. The third kappa shape index (κ3) is 4.54. The van der Waals surface area contributed by atoms with Crippen molar-refractivity contribution in [2.24, 2.45) is 0 Å². The highest BCUT2D eigenvalue weighted by molar-refractivity contribution is 7.89. The Kier molecular flexibility index (Phi) is 6.57. The van der Waals surface area contributed by atoms with Gasteiger partial charge in [0.15, 0.2) is 5.82 Å². The van der Waals surface area contributed by atoms with Crippen molar-refractivity contribution < 1.29 is 13.2 Å². The average molecular weight is 493 g/mol. The van der Waals surface area contributed by atoms with Gasteiger partial charge in [-0.25, -0.2) is 8.42 Å². The lowest BCUT2D eigenvalue weighted by molar-refractivity contribution is 0.373. The van der Waals surface area contributed by atoms with Crippen molar-refractivity contribution in [2.45, 2.75) is 11.8 Å². The molecule has 2 aromatic carbocycles. The summed E-state index contributed by atoms with van der Waals surface area (Å²) in [5.41, 5.74) is 2.25. The van der Waals surface area contributed by atoms with Gasteiger partial charge in [0.1, 0.15) is 10.6 Å². The maximum absolute atomic E-state index is 13.2. The van der Waals surface area contributed by atoms with Crippen LogP contribution >= 0.6 is 23.2 Å². The topological polar surface area (TPSA) is 75.6 Å². The molecule has 0 bridgehead atoms. The molecule has 0 atom stereocenters. The molecule has 0 spiro atoms. The summed E-state index contributed by atoms with van der Waals surface area (Å²) in [6.45, 7) is 3.54. The van der Waals surface area contributed by atoms with E-state index in [0.29, 0.717) is 53.5 Å². The summed E-state index contributed by atoms with van der Waals surface area (Å²) >= 11 is 12.2. The van der Waals surface area contributed by atoms with Gasteiger partial charge in [0.05, 0.1) is 17.8 Å². The summed E-state index contributed by atoms with van der Waals surface area (Å²) in [6, 6.07) is 14.1. The van der Waals surface area contributed by atoms with Gasteiger partial charge >= 0.3 is 0 Å². The van der Waals surface area contributed by atoms with Crippen LogP contribution in [0.4, 0.5) is 5.82 Å². The van der Waals surface area contributed by atoms with Gasteiger partial charge in [-0.15, -0.1) is 10.2 Å². The first kappa shape index (κ1) is 22.8. The third-order valence-corrected chi connectivity index (χ3v) is 7.82. The van der Waals surface area contributed by atoms with Crippen molar-refractivity contribution in [1.82, 2.24) is 14.5 Å². The van der Waals surface area contributed by atoms with Gasteiger partial charge in [0, 0.05) is 36.8 Å². The fraction of sp³-hybridized carbons (Fsp3) is 0.273. The van der Waals surface area contributed by atoms with Crippen molar-refractivity contribution in [1.29, 1.82) is 0 Å². The predicted octanol–water partition coefficient (Wildman–Crippen LogP) is 4.28. The summed E-state index contributed by atoms with van der Waals surface area (Å²) in [4.78, 5) is 2.21. The summed E-state index contributed by atoms with van der Waals surface area (Å²) in [5, 5.41) is 9.68. The van der Waals surface area contributed by atoms with Crippen LogP contribution in [0.15, 0.2) is 53.4 Å². The lowest BCUT2D eigenvalue weighted by Gasteiger charge is -2.34. The van der Waals surface area contributed by atoms with E-state index < -0.39 is 10.0 Å². The summed E-state index contributed by atoms with van der Waals surface area (Å²) < 4.78 is 33.2. The minimum absolute atomic E-state index is 0.192. The molecule has 0 N–H and O–H groups in total. The van der Waals surface area contributed by atoms with Crippen LogP contribution in [0.1, 0.15) is 5.56 Å². The number of nitrogens with zero attached hydrogens (tertiary/aromatic N) is 4. The second kappa shape index (κ2) is 9.23. The number of ether oxygens (including phenoxy) is 1. The van der Waals surface area contributed by atoms with E-state index in [9.17, 15) is 8.42 Å². The van der Waals surface area contributed by atoms with Crippen LogP contribution in [-0.2, 0) is 10.0 Å². The average Bonchev–Trinajstić information content (AvgIpc) is 2.79. The lowest BCUT2D eigenvalue weighted by atomic mass is 10.1. The van der Waals surface area contributed by atoms with E-state index in [1.807, 2.05) is 30.0 Å². The van der Waals surface area contributed by atoms with Crippen molar-refractivity contribution in [2.75, 3.05) is 38.2 Å². The van der Waals surface area contributed by atoms with Crippen LogP contribution in [0.2, 0.25) is 10.0 Å². The van der Waals surface area contributed by atoms with Crippen LogP contribution in [0, 0.1) is 6.92 Å². The zero-order valence-corrected chi connectivity index (χ0v) is 20.0. The fourth-order valence-electron chi connectivity index (χ4n) is 3.62. The number of aryl methyl sites for hydroxylation is 1. The molecule has 10 heteroatoms. The summed E-state index contributed by atoms with van der Waals surface area (Å²) in [6.07, 6.45) is 0. The molecule has 1 aromatic heterocycles. The van der Waals surface area contributed by atoms with E-state index in [2.05, 4.69) is 10.2 Å². The zero-order valence-electron chi connectivity index (χ0n) is 17.6. The summed E-state index contributed by atoms with van der Waals surface area (Å²) in [5.74, 6) is 1.03. The van der Waals surface area contributed by atoms with Gasteiger partial charge in [0.25, 0.3) is 0 Å². The highest BCUT2D eigenvalue weighted by atomic mass is 35.5.